The average Bonchev–Trinajstić information content (AvgIpc) is 2.60. The van der Waals surface area contributed by atoms with Gasteiger partial charge in [-0.1, -0.05) is 12.1 Å². The number of hydrogen-bond donors (Lipinski definition) is 1. The number of benzene rings is 2. The van der Waals surface area contributed by atoms with E-state index in [9.17, 15) is 0 Å². The second-order valence-corrected chi connectivity index (χ2v) is 4.89. The topological polar surface area (TPSA) is 62.9 Å². The van der Waals surface area contributed by atoms with Crippen LogP contribution in [0.15, 0.2) is 42.5 Å². The first-order chi connectivity index (χ1) is 11.3. The molecule has 5 heteroatoms. The van der Waals surface area contributed by atoms with Gasteiger partial charge in [0.05, 0.1) is 14.2 Å². The third-order valence-electron chi connectivity index (χ3n) is 3.34. The molecular weight excluding hydrogens is 294 g/mol. The fraction of sp³-hybridized carbons (Fsp3) is 0.333. The molecule has 23 heavy (non-hydrogen) atoms. The maximum Gasteiger partial charge on any atom is 0.126 e. The van der Waals surface area contributed by atoms with E-state index in [1.54, 1.807) is 14.2 Å². The SMILES string of the molecule is COc1cccc(OCCOc2cc(OC)ccc2CCN)c1. The predicted octanol–water partition coefficient (Wildman–Crippen LogP) is 2.66. The average molecular weight is 317 g/mol. The molecule has 0 saturated carbocycles. The number of rotatable bonds is 9. The standard InChI is InChI=1S/C18H23NO4/c1-20-15-4-3-5-17(12-15)22-10-11-23-18-13-16(21-2)7-6-14(18)8-9-19/h3-7,12-13H,8-11,19H2,1-2H3. The molecule has 0 bridgehead atoms. The van der Waals surface area contributed by atoms with Gasteiger partial charge in [0.15, 0.2) is 0 Å². The Morgan fingerprint density at radius 2 is 1.52 bits per heavy atom. The van der Waals surface area contributed by atoms with Crippen molar-refractivity contribution < 1.29 is 18.9 Å². The number of hydrogen-bond acceptors (Lipinski definition) is 5. The van der Waals surface area contributed by atoms with Gasteiger partial charge >= 0.3 is 0 Å². The Morgan fingerprint density at radius 3 is 2.26 bits per heavy atom. The summed E-state index contributed by atoms with van der Waals surface area (Å²) in [5, 5.41) is 0. The summed E-state index contributed by atoms with van der Waals surface area (Å²) in [6.45, 7) is 1.44. The monoisotopic (exact) mass is 317 g/mol. The highest BCUT2D eigenvalue weighted by Gasteiger charge is 2.06. The van der Waals surface area contributed by atoms with Crippen molar-refractivity contribution in [1.82, 2.24) is 0 Å². The van der Waals surface area contributed by atoms with Crippen LogP contribution in [0.5, 0.6) is 23.0 Å². The molecule has 0 amide bonds. The van der Waals surface area contributed by atoms with E-state index >= 15 is 0 Å². The zero-order chi connectivity index (χ0) is 16.5. The van der Waals surface area contributed by atoms with Crippen LogP contribution in [-0.2, 0) is 6.42 Å². The summed E-state index contributed by atoms with van der Waals surface area (Å²) in [5.41, 5.74) is 6.70. The van der Waals surface area contributed by atoms with Crippen molar-refractivity contribution in [2.45, 2.75) is 6.42 Å². The second kappa shape index (κ2) is 8.90. The second-order valence-electron chi connectivity index (χ2n) is 4.89. The zero-order valence-corrected chi connectivity index (χ0v) is 13.6. The lowest BCUT2D eigenvalue weighted by atomic mass is 10.1. The van der Waals surface area contributed by atoms with Crippen molar-refractivity contribution in [1.29, 1.82) is 0 Å². The Labute approximate surface area is 136 Å². The van der Waals surface area contributed by atoms with Crippen LogP contribution in [-0.4, -0.2) is 34.0 Å². The zero-order valence-electron chi connectivity index (χ0n) is 13.6. The molecule has 0 radical (unpaired) electrons. The first kappa shape index (κ1) is 17.0. The van der Waals surface area contributed by atoms with E-state index in [4.69, 9.17) is 24.7 Å². The van der Waals surface area contributed by atoms with Crippen LogP contribution >= 0.6 is 0 Å². The summed E-state index contributed by atoms with van der Waals surface area (Å²) < 4.78 is 21.9. The molecule has 0 spiro atoms. The lowest BCUT2D eigenvalue weighted by Gasteiger charge is -2.13. The molecule has 2 aromatic rings. The van der Waals surface area contributed by atoms with Gasteiger partial charge in [-0.25, -0.2) is 0 Å². The molecule has 0 aliphatic carbocycles. The fourth-order valence-electron chi connectivity index (χ4n) is 2.16. The Bertz CT molecular complexity index is 616. The summed E-state index contributed by atoms with van der Waals surface area (Å²) in [6, 6.07) is 13.2. The molecule has 0 atom stereocenters. The Morgan fingerprint density at radius 1 is 0.826 bits per heavy atom. The van der Waals surface area contributed by atoms with Crippen LogP contribution in [0.4, 0.5) is 0 Å². The van der Waals surface area contributed by atoms with Gasteiger partial charge in [-0.2, -0.15) is 0 Å². The highest BCUT2D eigenvalue weighted by atomic mass is 16.5. The van der Waals surface area contributed by atoms with Crippen LogP contribution < -0.4 is 24.7 Å². The minimum atomic E-state index is 0.432. The van der Waals surface area contributed by atoms with E-state index in [1.807, 2.05) is 42.5 Å². The van der Waals surface area contributed by atoms with Gasteiger partial charge in [0.1, 0.15) is 36.2 Å². The van der Waals surface area contributed by atoms with Crippen molar-refractivity contribution in [2.24, 2.45) is 5.73 Å². The van der Waals surface area contributed by atoms with E-state index in [1.165, 1.54) is 0 Å². The quantitative estimate of drug-likeness (QED) is 0.720. The van der Waals surface area contributed by atoms with Crippen molar-refractivity contribution in [3.8, 4) is 23.0 Å². The minimum absolute atomic E-state index is 0.432. The van der Waals surface area contributed by atoms with Gasteiger partial charge in [0.25, 0.3) is 0 Å². The van der Waals surface area contributed by atoms with Crippen LogP contribution in [0.2, 0.25) is 0 Å². The van der Waals surface area contributed by atoms with Gasteiger partial charge in [-0.15, -0.1) is 0 Å². The first-order valence-electron chi connectivity index (χ1n) is 7.53. The maximum absolute atomic E-state index is 5.82. The molecule has 0 saturated heterocycles. The maximum atomic E-state index is 5.82. The van der Waals surface area contributed by atoms with Crippen LogP contribution in [0.1, 0.15) is 5.56 Å². The van der Waals surface area contributed by atoms with Gasteiger partial charge in [0.2, 0.25) is 0 Å². The number of methoxy groups -OCH3 is 2. The van der Waals surface area contributed by atoms with E-state index < -0.39 is 0 Å². The van der Waals surface area contributed by atoms with Gasteiger partial charge in [0, 0.05) is 12.1 Å². The van der Waals surface area contributed by atoms with E-state index in [0.29, 0.717) is 19.8 Å². The lowest BCUT2D eigenvalue weighted by molar-refractivity contribution is 0.215. The van der Waals surface area contributed by atoms with Crippen LogP contribution in [0.25, 0.3) is 0 Å². The Kier molecular flexibility index (Phi) is 6.56. The van der Waals surface area contributed by atoms with Crippen molar-refractivity contribution in [3.05, 3.63) is 48.0 Å². The molecular formula is C18H23NO4. The number of ether oxygens (including phenoxy) is 4. The highest BCUT2D eigenvalue weighted by molar-refractivity contribution is 5.41. The van der Waals surface area contributed by atoms with E-state index in [0.717, 1.165) is 35.0 Å². The normalized spacial score (nSPS) is 10.2. The molecule has 0 unspecified atom stereocenters. The molecule has 2 aromatic carbocycles. The van der Waals surface area contributed by atoms with Crippen LogP contribution in [0.3, 0.4) is 0 Å². The molecule has 0 heterocycles. The first-order valence-corrected chi connectivity index (χ1v) is 7.53. The molecule has 0 fully saturated rings. The number of nitrogens with two attached hydrogens (primary N) is 1. The van der Waals surface area contributed by atoms with Crippen molar-refractivity contribution in [2.75, 3.05) is 34.0 Å². The smallest absolute Gasteiger partial charge is 0.126 e. The summed E-state index contributed by atoms with van der Waals surface area (Å²) >= 11 is 0. The summed E-state index contributed by atoms with van der Waals surface area (Å²) in [4.78, 5) is 0. The third kappa shape index (κ3) is 5.07. The summed E-state index contributed by atoms with van der Waals surface area (Å²) in [7, 11) is 3.26. The summed E-state index contributed by atoms with van der Waals surface area (Å²) in [5.74, 6) is 3.06. The van der Waals surface area contributed by atoms with Crippen molar-refractivity contribution in [3.63, 3.8) is 0 Å². The molecule has 2 rings (SSSR count). The molecule has 124 valence electrons. The molecule has 0 aliphatic rings. The molecule has 2 N–H and O–H groups in total. The van der Waals surface area contributed by atoms with E-state index in [2.05, 4.69) is 0 Å². The summed E-state index contributed by atoms with van der Waals surface area (Å²) in [6.07, 6.45) is 0.760. The predicted molar refractivity (Wildman–Crippen MR) is 89.7 cm³/mol. The Balaban J connectivity index is 1.89. The lowest BCUT2D eigenvalue weighted by Crippen LogP contribution is -2.11. The van der Waals surface area contributed by atoms with E-state index in [-0.39, 0.29) is 0 Å². The van der Waals surface area contributed by atoms with Gasteiger partial charge in [-0.3, -0.25) is 0 Å². The largest absolute Gasteiger partial charge is 0.497 e. The molecule has 5 nitrogen and oxygen atoms in total. The van der Waals surface area contributed by atoms with Crippen LogP contribution in [0, 0.1) is 0 Å². The van der Waals surface area contributed by atoms with Gasteiger partial charge < -0.3 is 24.7 Å². The highest BCUT2D eigenvalue weighted by Crippen LogP contribution is 2.25. The van der Waals surface area contributed by atoms with Crippen molar-refractivity contribution >= 4 is 0 Å². The Hall–Kier alpha value is -2.40. The third-order valence-corrected chi connectivity index (χ3v) is 3.34. The molecule has 0 aromatic heterocycles. The molecule has 0 aliphatic heterocycles. The minimum Gasteiger partial charge on any atom is -0.497 e. The van der Waals surface area contributed by atoms with Gasteiger partial charge in [-0.05, 0) is 36.7 Å². The fourth-order valence-corrected chi connectivity index (χ4v) is 2.16.